The van der Waals surface area contributed by atoms with E-state index >= 15 is 0 Å². The zero-order chi connectivity index (χ0) is 15.7. The van der Waals surface area contributed by atoms with Crippen LogP contribution in [-0.4, -0.2) is 43.3 Å². The largest absolute Gasteiger partial charge is 0.494 e. The molecule has 2 N–H and O–H groups in total. The van der Waals surface area contributed by atoms with Crippen molar-refractivity contribution >= 4 is 11.9 Å². The average Bonchev–Trinajstić information content (AvgIpc) is 2.45. The lowest BCUT2D eigenvalue weighted by Crippen LogP contribution is -2.43. The molecule has 1 amide bonds. The van der Waals surface area contributed by atoms with Crippen LogP contribution in [0.15, 0.2) is 24.3 Å². The van der Waals surface area contributed by atoms with Gasteiger partial charge in [0, 0.05) is 13.5 Å². The standard InChI is InChI=1S/C14H18FNO5/c1-20-9-12(14(18)19)16-13(17)3-2-8-21-11-6-4-10(15)5-7-11/h4-7,12H,2-3,8-9H2,1H3,(H,16,17)(H,18,19). The van der Waals surface area contributed by atoms with Gasteiger partial charge in [0.05, 0.1) is 13.2 Å². The first-order valence-corrected chi connectivity index (χ1v) is 6.42. The Hall–Kier alpha value is -2.15. The molecule has 116 valence electrons. The number of halogens is 1. The quantitative estimate of drug-likeness (QED) is 0.669. The van der Waals surface area contributed by atoms with Crippen LogP contribution in [0.1, 0.15) is 12.8 Å². The summed E-state index contributed by atoms with van der Waals surface area (Å²) in [7, 11) is 1.36. The van der Waals surface area contributed by atoms with Gasteiger partial charge in [-0.2, -0.15) is 0 Å². The van der Waals surface area contributed by atoms with Gasteiger partial charge in [0.2, 0.25) is 5.91 Å². The molecule has 0 aliphatic rings. The van der Waals surface area contributed by atoms with Crippen molar-refractivity contribution in [3.05, 3.63) is 30.1 Å². The molecule has 21 heavy (non-hydrogen) atoms. The number of ether oxygens (including phenoxy) is 2. The fourth-order valence-corrected chi connectivity index (χ4v) is 1.56. The number of hydrogen-bond donors (Lipinski definition) is 2. The highest BCUT2D eigenvalue weighted by Gasteiger charge is 2.19. The molecule has 0 heterocycles. The van der Waals surface area contributed by atoms with Crippen molar-refractivity contribution in [2.24, 2.45) is 0 Å². The predicted molar refractivity (Wildman–Crippen MR) is 72.6 cm³/mol. The van der Waals surface area contributed by atoms with Crippen LogP contribution >= 0.6 is 0 Å². The van der Waals surface area contributed by atoms with E-state index in [0.29, 0.717) is 12.2 Å². The Morgan fingerprint density at radius 3 is 2.57 bits per heavy atom. The van der Waals surface area contributed by atoms with Gasteiger partial charge in [0.25, 0.3) is 0 Å². The zero-order valence-electron chi connectivity index (χ0n) is 11.7. The van der Waals surface area contributed by atoms with Gasteiger partial charge < -0.3 is 19.9 Å². The van der Waals surface area contributed by atoms with Crippen molar-refractivity contribution in [1.82, 2.24) is 5.32 Å². The van der Waals surface area contributed by atoms with Gasteiger partial charge in [-0.3, -0.25) is 4.79 Å². The Balaban J connectivity index is 2.23. The normalized spacial score (nSPS) is 11.7. The molecule has 0 aromatic heterocycles. The summed E-state index contributed by atoms with van der Waals surface area (Å²) >= 11 is 0. The summed E-state index contributed by atoms with van der Waals surface area (Å²) in [6, 6.07) is 4.50. The van der Waals surface area contributed by atoms with Gasteiger partial charge in [-0.15, -0.1) is 0 Å². The minimum Gasteiger partial charge on any atom is -0.494 e. The maximum atomic E-state index is 12.7. The van der Waals surface area contributed by atoms with E-state index in [0.717, 1.165) is 0 Å². The van der Waals surface area contributed by atoms with Crippen molar-refractivity contribution < 1.29 is 28.6 Å². The maximum Gasteiger partial charge on any atom is 0.328 e. The molecule has 0 saturated heterocycles. The van der Waals surface area contributed by atoms with Gasteiger partial charge in [-0.25, -0.2) is 9.18 Å². The highest BCUT2D eigenvalue weighted by Crippen LogP contribution is 2.11. The first-order chi connectivity index (χ1) is 10.0. The number of carboxylic acids is 1. The lowest BCUT2D eigenvalue weighted by Gasteiger charge is -2.13. The second-order valence-electron chi connectivity index (χ2n) is 4.32. The Morgan fingerprint density at radius 1 is 1.33 bits per heavy atom. The molecule has 0 saturated carbocycles. The van der Waals surface area contributed by atoms with Crippen LogP contribution in [0.25, 0.3) is 0 Å². The van der Waals surface area contributed by atoms with Crippen molar-refractivity contribution in [2.45, 2.75) is 18.9 Å². The molecule has 1 aromatic carbocycles. The number of rotatable bonds is 9. The molecular formula is C14H18FNO5. The average molecular weight is 299 g/mol. The smallest absolute Gasteiger partial charge is 0.328 e. The molecule has 0 spiro atoms. The highest BCUT2D eigenvalue weighted by atomic mass is 19.1. The molecule has 1 atom stereocenters. The van der Waals surface area contributed by atoms with E-state index in [1.54, 1.807) is 0 Å². The van der Waals surface area contributed by atoms with Crippen molar-refractivity contribution in [3.63, 3.8) is 0 Å². The molecular weight excluding hydrogens is 281 g/mol. The number of carbonyl (C=O) groups excluding carboxylic acids is 1. The Bertz CT molecular complexity index is 463. The monoisotopic (exact) mass is 299 g/mol. The van der Waals surface area contributed by atoms with E-state index in [1.807, 2.05) is 0 Å². The van der Waals surface area contributed by atoms with Gasteiger partial charge >= 0.3 is 5.97 Å². The van der Waals surface area contributed by atoms with Gasteiger partial charge in [-0.1, -0.05) is 0 Å². The number of methoxy groups -OCH3 is 1. The third-order valence-corrected chi connectivity index (χ3v) is 2.60. The molecule has 1 aromatic rings. The number of nitrogens with one attached hydrogen (secondary N) is 1. The zero-order valence-corrected chi connectivity index (χ0v) is 11.7. The van der Waals surface area contributed by atoms with E-state index < -0.39 is 12.0 Å². The van der Waals surface area contributed by atoms with Crippen molar-refractivity contribution in [2.75, 3.05) is 20.3 Å². The van der Waals surface area contributed by atoms with Crippen LogP contribution in [0, 0.1) is 5.82 Å². The summed E-state index contributed by atoms with van der Waals surface area (Å²) < 4.78 is 22.7. The predicted octanol–water partition coefficient (Wildman–Crippen LogP) is 1.20. The van der Waals surface area contributed by atoms with E-state index in [1.165, 1.54) is 31.4 Å². The van der Waals surface area contributed by atoms with E-state index in [9.17, 15) is 14.0 Å². The molecule has 7 heteroatoms. The number of aliphatic carboxylic acids is 1. The molecule has 0 bridgehead atoms. The molecule has 0 fully saturated rings. The molecule has 1 unspecified atom stereocenters. The van der Waals surface area contributed by atoms with E-state index in [-0.39, 0.29) is 31.4 Å². The lowest BCUT2D eigenvalue weighted by molar-refractivity contribution is -0.143. The van der Waals surface area contributed by atoms with Gasteiger partial charge in [-0.05, 0) is 30.7 Å². The van der Waals surface area contributed by atoms with Gasteiger partial charge in [0.1, 0.15) is 11.6 Å². The highest BCUT2D eigenvalue weighted by molar-refractivity contribution is 5.83. The van der Waals surface area contributed by atoms with Crippen LogP contribution < -0.4 is 10.1 Å². The fourth-order valence-electron chi connectivity index (χ4n) is 1.56. The molecule has 6 nitrogen and oxygen atoms in total. The summed E-state index contributed by atoms with van der Waals surface area (Å²) in [5, 5.41) is 11.2. The number of amides is 1. The third kappa shape index (κ3) is 6.71. The fraction of sp³-hybridized carbons (Fsp3) is 0.429. The Labute approximate surface area is 121 Å². The number of carboxylic acid groups (broad SMARTS) is 1. The van der Waals surface area contributed by atoms with Crippen molar-refractivity contribution in [3.8, 4) is 5.75 Å². The molecule has 0 aliphatic heterocycles. The summed E-state index contributed by atoms with van der Waals surface area (Å²) in [6.07, 6.45) is 0.553. The first-order valence-electron chi connectivity index (χ1n) is 6.42. The summed E-state index contributed by atoms with van der Waals surface area (Å²) in [6.45, 7) is 0.189. The van der Waals surface area contributed by atoms with Crippen LogP contribution in [0.3, 0.4) is 0 Å². The minimum absolute atomic E-state index is 0.0901. The second kappa shape index (κ2) is 8.91. The van der Waals surface area contributed by atoms with E-state index in [2.05, 4.69) is 5.32 Å². The van der Waals surface area contributed by atoms with Crippen LogP contribution in [0.5, 0.6) is 5.75 Å². The molecule has 0 radical (unpaired) electrons. The number of carbonyl (C=O) groups is 2. The summed E-state index contributed by atoms with van der Waals surface area (Å²) in [5.74, 6) is -1.37. The Morgan fingerprint density at radius 2 is 2.00 bits per heavy atom. The SMILES string of the molecule is COCC(NC(=O)CCCOc1ccc(F)cc1)C(=O)O. The van der Waals surface area contributed by atoms with Crippen LogP contribution in [0.2, 0.25) is 0 Å². The minimum atomic E-state index is -1.15. The topological polar surface area (TPSA) is 84.9 Å². The molecule has 0 aliphatic carbocycles. The summed E-state index contributed by atoms with van der Waals surface area (Å²) in [4.78, 5) is 22.4. The third-order valence-electron chi connectivity index (χ3n) is 2.60. The van der Waals surface area contributed by atoms with Crippen LogP contribution in [-0.2, 0) is 14.3 Å². The maximum absolute atomic E-state index is 12.7. The van der Waals surface area contributed by atoms with Crippen molar-refractivity contribution in [1.29, 1.82) is 0 Å². The van der Waals surface area contributed by atoms with Gasteiger partial charge in [0.15, 0.2) is 6.04 Å². The summed E-state index contributed by atoms with van der Waals surface area (Å²) in [5.41, 5.74) is 0. The second-order valence-corrected chi connectivity index (χ2v) is 4.32. The number of benzene rings is 1. The first kappa shape index (κ1) is 16.9. The van der Waals surface area contributed by atoms with Crippen LogP contribution in [0.4, 0.5) is 4.39 Å². The lowest BCUT2D eigenvalue weighted by atomic mass is 10.2. The number of hydrogen-bond acceptors (Lipinski definition) is 4. The Kier molecular flexibility index (Phi) is 7.17. The molecule has 1 rings (SSSR count). The van der Waals surface area contributed by atoms with E-state index in [4.69, 9.17) is 14.6 Å².